The predicted molar refractivity (Wildman–Crippen MR) is 67.7 cm³/mol. The molecule has 0 atom stereocenters. The van der Waals surface area contributed by atoms with E-state index < -0.39 is 0 Å². The summed E-state index contributed by atoms with van der Waals surface area (Å²) in [4.78, 5) is 0. The quantitative estimate of drug-likeness (QED) is 0.680. The summed E-state index contributed by atoms with van der Waals surface area (Å²) in [5, 5.41) is 21.0. The molecule has 3 N–H and O–H groups in total. The van der Waals surface area contributed by atoms with Crippen LogP contribution in [0.25, 0.3) is 0 Å². The van der Waals surface area contributed by atoms with Crippen molar-refractivity contribution in [2.24, 2.45) is 0 Å². The van der Waals surface area contributed by atoms with E-state index in [1.807, 2.05) is 18.2 Å². The highest BCUT2D eigenvalue weighted by atomic mass is 35.5. The molecule has 0 saturated heterocycles. The van der Waals surface area contributed by atoms with E-state index in [1.54, 1.807) is 0 Å². The fourth-order valence-corrected chi connectivity index (χ4v) is 1.52. The average Bonchev–Trinajstić information content (AvgIpc) is 2.28. The zero-order chi connectivity index (χ0) is 10.9. The molecule has 0 amide bonds. The Morgan fingerprint density at radius 1 is 1.00 bits per heavy atom. The average molecular weight is 246 g/mol. The van der Waals surface area contributed by atoms with E-state index in [0.717, 1.165) is 6.54 Å². The fourth-order valence-electron chi connectivity index (χ4n) is 1.52. The van der Waals surface area contributed by atoms with Gasteiger partial charge in [0.2, 0.25) is 0 Å². The van der Waals surface area contributed by atoms with Crippen molar-refractivity contribution in [3.05, 3.63) is 35.9 Å². The summed E-state index contributed by atoms with van der Waals surface area (Å²) in [7, 11) is 0. The summed E-state index contributed by atoms with van der Waals surface area (Å²) < 4.78 is 0. The van der Waals surface area contributed by atoms with Gasteiger partial charge in [-0.25, -0.2) is 0 Å². The summed E-state index contributed by atoms with van der Waals surface area (Å²) >= 11 is 0. The maximum Gasteiger partial charge on any atom is 0.0445 e. The van der Waals surface area contributed by atoms with Crippen LogP contribution in [0, 0.1) is 0 Å². The van der Waals surface area contributed by atoms with Gasteiger partial charge < -0.3 is 15.5 Å². The van der Waals surface area contributed by atoms with Crippen LogP contribution in [-0.4, -0.2) is 29.5 Å². The third-order valence-corrected chi connectivity index (χ3v) is 2.39. The van der Waals surface area contributed by atoms with Crippen LogP contribution in [0.15, 0.2) is 30.3 Å². The van der Waals surface area contributed by atoms with Crippen LogP contribution < -0.4 is 5.32 Å². The smallest absolute Gasteiger partial charge is 0.0445 e. The third kappa shape index (κ3) is 6.08. The largest absolute Gasteiger partial charge is 0.396 e. The topological polar surface area (TPSA) is 52.5 Å². The number of nitrogens with one attached hydrogen (secondary N) is 1. The summed E-state index contributed by atoms with van der Waals surface area (Å²) in [5.41, 5.74) is 1.22. The highest BCUT2D eigenvalue weighted by molar-refractivity contribution is 5.85. The zero-order valence-corrected chi connectivity index (χ0v) is 10.1. The van der Waals surface area contributed by atoms with Gasteiger partial charge in [0.15, 0.2) is 0 Å². The first-order valence-electron chi connectivity index (χ1n) is 5.36. The molecule has 0 aliphatic carbocycles. The van der Waals surface area contributed by atoms with Crippen LogP contribution in [0.1, 0.15) is 18.4 Å². The summed E-state index contributed by atoms with van der Waals surface area (Å²) in [6, 6.07) is 10.3. The molecule has 1 aromatic carbocycles. The van der Waals surface area contributed by atoms with Gasteiger partial charge in [-0.1, -0.05) is 30.3 Å². The lowest BCUT2D eigenvalue weighted by Gasteiger charge is -2.16. The Hall–Kier alpha value is -0.610. The highest BCUT2D eigenvalue weighted by Gasteiger charge is 2.06. The van der Waals surface area contributed by atoms with Gasteiger partial charge in [0.05, 0.1) is 0 Å². The predicted octanol–water partition coefficient (Wildman–Crippen LogP) is 1.33. The number of benzene rings is 1. The molecular formula is C12H20ClNO2. The Labute approximate surface area is 103 Å². The molecular weight excluding hydrogens is 226 g/mol. The fraction of sp³-hybridized carbons (Fsp3) is 0.500. The van der Waals surface area contributed by atoms with Crippen LogP contribution in [0.4, 0.5) is 0 Å². The van der Waals surface area contributed by atoms with Gasteiger partial charge in [-0.05, 0) is 18.4 Å². The lowest BCUT2D eigenvalue weighted by molar-refractivity contribution is 0.227. The van der Waals surface area contributed by atoms with E-state index in [9.17, 15) is 0 Å². The van der Waals surface area contributed by atoms with Crippen LogP contribution >= 0.6 is 12.4 Å². The van der Waals surface area contributed by atoms with Crippen molar-refractivity contribution in [3.63, 3.8) is 0 Å². The van der Waals surface area contributed by atoms with Crippen LogP contribution in [0.5, 0.6) is 0 Å². The van der Waals surface area contributed by atoms with Gasteiger partial charge in [-0.15, -0.1) is 12.4 Å². The maximum atomic E-state index is 8.84. The molecule has 92 valence electrons. The zero-order valence-electron chi connectivity index (χ0n) is 9.30. The van der Waals surface area contributed by atoms with E-state index in [1.165, 1.54) is 5.56 Å². The minimum atomic E-state index is 0. The van der Waals surface area contributed by atoms with Crippen molar-refractivity contribution in [1.29, 1.82) is 0 Å². The molecule has 1 rings (SSSR count). The minimum Gasteiger partial charge on any atom is -0.396 e. The summed E-state index contributed by atoms with van der Waals surface area (Å²) in [6.45, 7) is 1.10. The number of hydrogen-bond acceptors (Lipinski definition) is 3. The molecule has 4 heteroatoms. The van der Waals surface area contributed by atoms with Crippen molar-refractivity contribution in [1.82, 2.24) is 5.32 Å². The monoisotopic (exact) mass is 245 g/mol. The highest BCUT2D eigenvalue weighted by Crippen LogP contribution is 2.02. The lowest BCUT2D eigenvalue weighted by atomic mass is 10.1. The first-order chi connectivity index (χ1) is 7.36. The van der Waals surface area contributed by atoms with Crippen molar-refractivity contribution >= 4 is 12.4 Å². The molecule has 0 aromatic heterocycles. The standard InChI is InChI=1S/C12H19NO2.ClH/c14-8-6-12(7-9-15)13-10-11-4-2-1-3-5-11;/h1-5,12-15H,6-10H2;1H. The number of aliphatic hydroxyl groups is 2. The molecule has 0 unspecified atom stereocenters. The normalized spacial score (nSPS) is 10.2. The van der Waals surface area contributed by atoms with Gasteiger partial charge in [0.25, 0.3) is 0 Å². The third-order valence-electron chi connectivity index (χ3n) is 2.39. The Kier molecular flexibility index (Phi) is 9.24. The van der Waals surface area contributed by atoms with Crippen LogP contribution in [-0.2, 0) is 6.54 Å². The van der Waals surface area contributed by atoms with E-state index in [4.69, 9.17) is 10.2 Å². The van der Waals surface area contributed by atoms with Crippen molar-refractivity contribution in [2.45, 2.75) is 25.4 Å². The second-order valence-electron chi connectivity index (χ2n) is 3.59. The van der Waals surface area contributed by atoms with Crippen molar-refractivity contribution in [2.75, 3.05) is 13.2 Å². The van der Waals surface area contributed by atoms with Crippen LogP contribution in [0.2, 0.25) is 0 Å². The van der Waals surface area contributed by atoms with Gasteiger partial charge in [0.1, 0.15) is 0 Å². The summed E-state index contributed by atoms with van der Waals surface area (Å²) in [5.74, 6) is 0. The van der Waals surface area contributed by atoms with Gasteiger partial charge in [0, 0.05) is 25.8 Å². The molecule has 0 aliphatic heterocycles. The van der Waals surface area contributed by atoms with E-state index in [2.05, 4.69) is 17.4 Å². The van der Waals surface area contributed by atoms with Crippen molar-refractivity contribution < 1.29 is 10.2 Å². The Morgan fingerprint density at radius 3 is 2.06 bits per heavy atom. The van der Waals surface area contributed by atoms with Crippen molar-refractivity contribution in [3.8, 4) is 0 Å². The molecule has 0 spiro atoms. The van der Waals surface area contributed by atoms with E-state index in [-0.39, 0.29) is 31.7 Å². The minimum absolute atomic E-state index is 0. The molecule has 0 heterocycles. The molecule has 16 heavy (non-hydrogen) atoms. The number of aliphatic hydroxyl groups excluding tert-OH is 2. The lowest BCUT2D eigenvalue weighted by Crippen LogP contribution is -2.30. The summed E-state index contributed by atoms with van der Waals surface area (Å²) in [6.07, 6.45) is 1.38. The molecule has 0 saturated carbocycles. The van der Waals surface area contributed by atoms with Crippen LogP contribution in [0.3, 0.4) is 0 Å². The number of halogens is 1. The first-order valence-corrected chi connectivity index (χ1v) is 5.36. The second-order valence-corrected chi connectivity index (χ2v) is 3.59. The SMILES string of the molecule is Cl.OCCC(CCO)NCc1ccccc1. The molecule has 0 fully saturated rings. The maximum absolute atomic E-state index is 8.84. The van der Waals surface area contributed by atoms with E-state index >= 15 is 0 Å². The second kappa shape index (κ2) is 9.60. The Bertz CT molecular complexity index is 250. The molecule has 0 bridgehead atoms. The van der Waals surface area contributed by atoms with Gasteiger partial charge in [-0.2, -0.15) is 0 Å². The number of rotatable bonds is 7. The Balaban J connectivity index is 0.00000225. The molecule has 0 radical (unpaired) electrons. The molecule has 3 nitrogen and oxygen atoms in total. The number of hydrogen-bond donors (Lipinski definition) is 3. The van der Waals surface area contributed by atoms with Gasteiger partial charge >= 0.3 is 0 Å². The molecule has 1 aromatic rings. The Morgan fingerprint density at radius 2 is 1.56 bits per heavy atom. The van der Waals surface area contributed by atoms with E-state index in [0.29, 0.717) is 12.8 Å². The first kappa shape index (κ1) is 15.4. The molecule has 0 aliphatic rings. The van der Waals surface area contributed by atoms with Gasteiger partial charge in [-0.3, -0.25) is 0 Å².